The monoisotopic (exact) mass is 336 g/mol. The summed E-state index contributed by atoms with van der Waals surface area (Å²) in [6.45, 7) is 2.86. The van der Waals surface area contributed by atoms with Gasteiger partial charge in [-0.3, -0.25) is 9.88 Å². The summed E-state index contributed by atoms with van der Waals surface area (Å²) in [4.78, 5) is 6.31. The van der Waals surface area contributed by atoms with E-state index in [2.05, 4.69) is 4.98 Å². The number of aliphatic hydroxyl groups excluding tert-OH is 1. The van der Waals surface area contributed by atoms with E-state index in [4.69, 9.17) is 4.42 Å². The highest BCUT2D eigenvalue weighted by Crippen LogP contribution is 2.23. The van der Waals surface area contributed by atoms with Crippen LogP contribution >= 0.6 is 0 Å². The van der Waals surface area contributed by atoms with E-state index in [1.54, 1.807) is 18.5 Å². The molecule has 1 saturated heterocycles. The maximum atomic E-state index is 11.9. The Labute approximate surface area is 135 Å². The van der Waals surface area contributed by atoms with Crippen molar-refractivity contribution in [1.82, 2.24) is 9.88 Å². The molecule has 1 fully saturated rings. The van der Waals surface area contributed by atoms with Crippen LogP contribution in [-0.4, -0.2) is 47.1 Å². The second-order valence-corrected chi connectivity index (χ2v) is 8.12. The number of pyridine rings is 1. The molecular weight excluding hydrogens is 316 g/mol. The van der Waals surface area contributed by atoms with Crippen molar-refractivity contribution >= 4 is 9.84 Å². The fraction of sp³-hybridized carbons (Fsp3) is 0.438. The SMILES string of the molecule is Cc1cccnc1CN(Cc1ccco1)[C@@H]1CS(=O)(=O)C[C@H]1O. The van der Waals surface area contributed by atoms with Crippen molar-refractivity contribution in [3.05, 3.63) is 53.7 Å². The third-order valence-corrected chi connectivity index (χ3v) is 5.87. The Hall–Kier alpha value is -1.70. The first kappa shape index (κ1) is 16.2. The number of rotatable bonds is 5. The van der Waals surface area contributed by atoms with Crippen molar-refractivity contribution < 1.29 is 17.9 Å². The van der Waals surface area contributed by atoms with Gasteiger partial charge in [0, 0.05) is 12.7 Å². The summed E-state index contributed by atoms with van der Waals surface area (Å²) >= 11 is 0. The predicted molar refractivity (Wildman–Crippen MR) is 85.4 cm³/mol. The van der Waals surface area contributed by atoms with E-state index in [0.29, 0.717) is 13.1 Å². The molecule has 0 amide bonds. The lowest BCUT2D eigenvalue weighted by molar-refractivity contribution is 0.0676. The van der Waals surface area contributed by atoms with Gasteiger partial charge in [-0.2, -0.15) is 0 Å². The lowest BCUT2D eigenvalue weighted by atomic mass is 10.1. The van der Waals surface area contributed by atoms with Crippen LogP contribution in [0.2, 0.25) is 0 Å². The van der Waals surface area contributed by atoms with Gasteiger partial charge in [0.25, 0.3) is 0 Å². The molecule has 0 bridgehead atoms. The first-order chi connectivity index (χ1) is 10.9. The standard InChI is InChI=1S/C16H20N2O4S/c1-12-4-2-6-17-14(12)9-18(8-13-5-3-7-22-13)15-10-23(20,21)11-16(15)19/h2-7,15-16,19H,8-11H2,1H3/t15-,16-/m1/s1. The Morgan fingerprint density at radius 2 is 2.13 bits per heavy atom. The number of hydrogen-bond acceptors (Lipinski definition) is 6. The quantitative estimate of drug-likeness (QED) is 0.882. The smallest absolute Gasteiger partial charge is 0.154 e. The Morgan fingerprint density at radius 1 is 1.30 bits per heavy atom. The third kappa shape index (κ3) is 3.80. The number of hydrogen-bond donors (Lipinski definition) is 1. The van der Waals surface area contributed by atoms with E-state index < -0.39 is 22.0 Å². The molecule has 124 valence electrons. The predicted octanol–water partition coefficient (Wildman–Crippen LogP) is 1.14. The molecule has 3 heterocycles. The maximum absolute atomic E-state index is 11.9. The normalized spacial score (nSPS) is 23.4. The molecule has 23 heavy (non-hydrogen) atoms. The van der Waals surface area contributed by atoms with Crippen LogP contribution in [0.15, 0.2) is 41.1 Å². The number of furan rings is 1. The molecule has 0 unspecified atom stereocenters. The van der Waals surface area contributed by atoms with Gasteiger partial charge >= 0.3 is 0 Å². The fourth-order valence-corrected chi connectivity index (χ4v) is 4.76. The van der Waals surface area contributed by atoms with Gasteiger partial charge in [-0.05, 0) is 30.7 Å². The molecule has 0 radical (unpaired) electrons. The molecule has 2 aromatic rings. The number of aromatic nitrogens is 1. The molecule has 1 aliphatic heterocycles. The summed E-state index contributed by atoms with van der Waals surface area (Å²) in [5.41, 5.74) is 1.91. The Kier molecular flexibility index (Phi) is 4.52. The van der Waals surface area contributed by atoms with Gasteiger partial charge in [0.15, 0.2) is 9.84 Å². The zero-order valence-corrected chi connectivity index (χ0v) is 13.7. The van der Waals surface area contributed by atoms with E-state index in [9.17, 15) is 13.5 Å². The van der Waals surface area contributed by atoms with Gasteiger partial charge in [0.2, 0.25) is 0 Å². The van der Waals surface area contributed by atoms with Crippen LogP contribution in [0.1, 0.15) is 17.0 Å². The topological polar surface area (TPSA) is 83.6 Å². The molecule has 2 aromatic heterocycles. The summed E-state index contributed by atoms with van der Waals surface area (Å²) in [6.07, 6.45) is 2.41. The zero-order chi connectivity index (χ0) is 16.4. The number of aliphatic hydroxyl groups is 1. The van der Waals surface area contributed by atoms with Crippen molar-refractivity contribution in [1.29, 1.82) is 0 Å². The summed E-state index contributed by atoms with van der Waals surface area (Å²) < 4.78 is 29.1. The van der Waals surface area contributed by atoms with Crippen LogP contribution < -0.4 is 0 Å². The highest BCUT2D eigenvalue weighted by molar-refractivity contribution is 7.91. The van der Waals surface area contributed by atoms with Crippen molar-refractivity contribution in [3.8, 4) is 0 Å². The lowest BCUT2D eigenvalue weighted by Gasteiger charge is -2.29. The summed E-state index contributed by atoms with van der Waals surface area (Å²) in [7, 11) is -3.21. The van der Waals surface area contributed by atoms with Gasteiger partial charge in [0.1, 0.15) is 5.76 Å². The maximum Gasteiger partial charge on any atom is 0.154 e. The molecule has 0 spiro atoms. The van der Waals surface area contributed by atoms with Crippen LogP contribution in [-0.2, 0) is 22.9 Å². The average molecular weight is 336 g/mol. The van der Waals surface area contributed by atoms with E-state index in [0.717, 1.165) is 17.0 Å². The molecule has 2 atom stereocenters. The van der Waals surface area contributed by atoms with Gasteiger partial charge in [-0.1, -0.05) is 6.07 Å². The number of aryl methyl sites for hydroxylation is 1. The third-order valence-electron chi connectivity index (χ3n) is 4.17. The Balaban J connectivity index is 1.86. The number of sulfone groups is 1. The van der Waals surface area contributed by atoms with Gasteiger partial charge in [0.05, 0.1) is 42.2 Å². The second kappa shape index (κ2) is 6.43. The highest BCUT2D eigenvalue weighted by atomic mass is 32.2. The Morgan fingerprint density at radius 3 is 2.74 bits per heavy atom. The van der Waals surface area contributed by atoms with Crippen LogP contribution in [0, 0.1) is 6.92 Å². The largest absolute Gasteiger partial charge is 0.468 e. The minimum atomic E-state index is -3.21. The minimum absolute atomic E-state index is 0.0409. The Bertz CT molecular complexity index is 758. The van der Waals surface area contributed by atoms with Crippen LogP contribution in [0.4, 0.5) is 0 Å². The summed E-state index contributed by atoms with van der Waals surface area (Å²) in [6, 6.07) is 7.02. The molecule has 7 heteroatoms. The van der Waals surface area contributed by atoms with E-state index in [-0.39, 0.29) is 11.5 Å². The zero-order valence-electron chi connectivity index (χ0n) is 12.9. The molecule has 0 aromatic carbocycles. The van der Waals surface area contributed by atoms with Crippen LogP contribution in [0.25, 0.3) is 0 Å². The first-order valence-electron chi connectivity index (χ1n) is 7.50. The van der Waals surface area contributed by atoms with Crippen LogP contribution in [0.3, 0.4) is 0 Å². The molecule has 6 nitrogen and oxygen atoms in total. The first-order valence-corrected chi connectivity index (χ1v) is 9.32. The molecule has 0 saturated carbocycles. The van der Waals surface area contributed by atoms with Crippen molar-refractivity contribution in [3.63, 3.8) is 0 Å². The highest BCUT2D eigenvalue weighted by Gasteiger charge is 2.40. The van der Waals surface area contributed by atoms with E-state index >= 15 is 0 Å². The molecule has 0 aliphatic carbocycles. The second-order valence-electron chi connectivity index (χ2n) is 5.96. The van der Waals surface area contributed by atoms with E-state index in [1.807, 2.05) is 30.0 Å². The fourth-order valence-electron chi connectivity index (χ4n) is 2.93. The van der Waals surface area contributed by atoms with Gasteiger partial charge in [-0.15, -0.1) is 0 Å². The summed E-state index contributed by atoms with van der Waals surface area (Å²) in [5.74, 6) is 0.504. The molecule has 1 aliphatic rings. The summed E-state index contributed by atoms with van der Waals surface area (Å²) in [5, 5.41) is 10.2. The molecule has 1 N–H and O–H groups in total. The van der Waals surface area contributed by atoms with Crippen molar-refractivity contribution in [2.45, 2.75) is 32.2 Å². The van der Waals surface area contributed by atoms with Gasteiger partial charge < -0.3 is 9.52 Å². The molecular formula is C16H20N2O4S. The average Bonchev–Trinajstić information content (AvgIpc) is 3.07. The molecule has 3 rings (SSSR count). The van der Waals surface area contributed by atoms with Crippen LogP contribution in [0.5, 0.6) is 0 Å². The number of nitrogens with zero attached hydrogens (tertiary/aromatic N) is 2. The van der Waals surface area contributed by atoms with Gasteiger partial charge in [-0.25, -0.2) is 8.42 Å². The van der Waals surface area contributed by atoms with Crippen molar-refractivity contribution in [2.75, 3.05) is 11.5 Å². The van der Waals surface area contributed by atoms with Crippen molar-refractivity contribution in [2.24, 2.45) is 0 Å². The minimum Gasteiger partial charge on any atom is -0.468 e. The van der Waals surface area contributed by atoms with E-state index in [1.165, 1.54) is 0 Å². The lowest BCUT2D eigenvalue weighted by Crippen LogP contribution is -2.42.